The first kappa shape index (κ1) is 18.0. The standard InChI is InChI=1S/C17H16F3N3O3/c18-11-3-4-12(16(20)15(11)19)21-14(24)10-22-5-7-23(8-6-22)17(25)13-2-1-9-26-13/h1-4,9H,5-8,10H2,(H,21,24). The van der Waals surface area contributed by atoms with Gasteiger partial charge in [-0.2, -0.15) is 0 Å². The van der Waals surface area contributed by atoms with Crippen LogP contribution in [0.5, 0.6) is 0 Å². The van der Waals surface area contributed by atoms with Crippen LogP contribution in [0.15, 0.2) is 34.9 Å². The zero-order valence-electron chi connectivity index (χ0n) is 13.7. The van der Waals surface area contributed by atoms with Crippen LogP contribution in [0.1, 0.15) is 10.6 Å². The number of piperazine rings is 1. The van der Waals surface area contributed by atoms with Crippen LogP contribution in [0.4, 0.5) is 18.9 Å². The third-order valence-corrected chi connectivity index (χ3v) is 4.07. The largest absolute Gasteiger partial charge is 0.459 e. The van der Waals surface area contributed by atoms with Gasteiger partial charge in [-0.25, -0.2) is 13.2 Å². The molecule has 26 heavy (non-hydrogen) atoms. The zero-order valence-corrected chi connectivity index (χ0v) is 13.7. The number of hydrogen-bond donors (Lipinski definition) is 1. The van der Waals surface area contributed by atoms with Crippen LogP contribution in [0.2, 0.25) is 0 Å². The molecule has 138 valence electrons. The molecule has 0 radical (unpaired) electrons. The summed E-state index contributed by atoms with van der Waals surface area (Å²) in [4.78, 5) is 27.5. The molecule has 0 bridgehead atoms. The van der Waals surface area contributed by atoms with E-state index in [9.17, 15) is 22.8 Å². The fourth-order valence-corrected chi connectivity index (χ4v) is 2.68. The summed E-state index contributed by atoms with van der Waals surface area (Å²) in [6, 6.07) is 4.92. The van der Waals surface area contributed by atoms with Crippen LogP contribution in [0.3, 0.4) is 0 Å². The molecular weight excluding hydrogens is 351 g/mol. The number of carbonyl (C=O) groups excluding carboxylic acids is 2. The number of amides is 2. The summed E-state index contributed by atoms with van der Waals surface area (Å²) in [5.74, 6) is -4.91. The van der Waals surface area contributed by atoms with Gasteiger partial charge in [0.15, 0.2) is 23.2 Å². The number of benzene rings is 1. The van der Waals surface area contributed by atoms with Gasteiger partial charge in [-0.15, -0.1) is 0 Å². The number of carbonyl (C=O) groups is 2. The monoisotopic (exact) mass is 367 g/mol. The van der Waals surface area contributed by atoms with Gasteiger partial charge in [-0.05, 0) is 24.3 Å². The molecule has 1 N–H and O–H groups in total. The average molecular weight is 367 g/mol. The summed E-state index contributed by atoms with van der Waals surface area (Å²) in [7, 11) is 0. The van der Waals surface area contributed by atoms with Crippen LogP contribution >= 0.6 is 0 Å². The summed E-state index contributed by atoms with van der Waals surface area (Å²) in [6.07, 6.45) is 1.42. The van der Waals surface area contributed by atoms with Gasteiger partial charge in [-0.3, -0.25) is 14.5 Å². The van der Waals surface area contributed by atoms with E-state index in [2.05, 4.69) is 5.32 Å². The van der Waals surface area contributed by atoms with E-state index < -0.39 is 29.0 Å². The van der Waals surface area contributed by atoms with Gasteiger partial charge in [0.25, 0.3) is 5.91 Å². The number of rotatable bonds is 4. The Morgan fingerprint density at radius 2 is 1.77 bits per heavy atom. The van der Waals surface area contributed by atoms with Gasteiger partial charge in [-0.1, -0.05) is 0 Å². The van der Waals surface area contributed by atoms with Crippen molar-refractivity contribution in [3.8, 4) is 0 Å². The molecule has 1 aromatic heterocycles. The minimum absolute atomic E-state index is 0.0543. The number of halogens is 3. The Balaban J connectivity index is 1.51. The highest BCUT2D eigenvalue weighted by Gasteiger charge is 2.25. The minimum Gasteiger partial charge on any atom is -0.459 e. The van der Waals surface area contributed by atoms with E-state index in [1.165, 1.54) is 6.26 Å². The Kier molecular flexibility index (Phi) is 5.27. The molecule has 1 aromatic carbocycles. The molecule has 0 atom stereocenters. The van der Waals surface area contributed by atoms with Crippen molar-refractivity contribution in [3.05, 3.63) is 53.7 Å². The average Bonchev–Trinajstić information content (AvgIpc) is 3.17. The number of furan rings is 1. The highest BCUT2D eigenvalue weighted by atomic mass is 19.2. The summed E-state index contributed by atoms with van der Waals surface area (Å²) < 4.78 is 44.7. The van der Waals surface area contributed by atoms with Crippen LogP contribution in [-0.4, -0.2) is 54.3 Å². The van der Waals surface area contributed by atoms with Crippen LogP contribution in [-0.2, 0) is 4.79 Å². The molecule has 1 saturated heterocycles. The summed E-state index contributed by atoms with van der Waals surface area (Å²) in [5, 5.41) is 2.22. The molecule has 0 unspecified atom stereocenters. The Bertz CT molecular complexity index is 803. The van der Waals surface area contributed by atoms with E-state index in [0.29, 0.717) is 26.2 Å². The first-order valence-corrected chi connectivity index (χ1v) is 7.94. The smallest absolute Gasteiger partial charge is 0.289 e. The van der Waals surface area contributed by atoms with Crippen molar-refractivity contribution < 1.29 is 27.2 Å². The van der Waals surface area contributed by atoms with Crippen molar-refractivity contribution in [1.82, 2.24) is 9.80 Å². The second-order valence-electron chi connectivity index (χ2n) is 5.82. The lowest BCUT2D eigenvalue weighted by Gasteiger charge is -2.33. The predicted octanol–water partition coefficient (Wildman–Crippen LogP) is 2.09. The SMILES string of the molecule is O=C(CN1CCN(C(=O)c2ccco2)CC1)Nc1ccc(F)c(F)c1F. The lowest BCUT2D eigenvalue weighted by molar-refractivity contribution is -0.117. The first-order valence-electron chi connectivity index (χ1n) is 7.94. The fourth-order valence-electron chi connectivity index (χ4n) is 2.68. The molecule has 0 saturated carbocycles. The molecule has 1 aliphatic heterocycles. The van der Waals surface area contributed by atoms with E-state index in [1.54, 1.807) is 21.9 Å². The topological polar surface area (TPSA) is 65.8 Å². The highest BCUT2D eigenvalue weighted by molar-refractivity contribution is 5.93. The van der Waals surface area contributed by atoms with Gasteiger partial charge < -0.3 is 14.6 Å². The molecule has 6 nitrogen and oxygen atoms in total. The molecule has 9 heteroatoms. The van der Waals surface area contributed by atoms with Crippen molar-refractivity contribution in [2.24, 2.45) is 0 Å². The second-order valence-corrected chi connectivity index (χ2v) is 5.82. The lowest BCUT2D eigenvalue weighted by atomic mass is 10.2. The molecule has 2 amide bonds. The maximum atomic E-state index is 13.6. The Hall–Kier alpha value is -2.81. The van der Waals surface area contributed by atoms with Gasteiger partial charge in [0, 0.05) is 26.2 Å². The van der Waals surface area contributed by atoms with Crippen molar-refractivity contribution in [2.45, 2.75) is 0 Å². The maximum absolute atomic E-state index is 13.6. The van der Waals surface area contributed by atoms with E-state index in [1.807, 2.05) is 0 Å². The van der Waals surface area contributed by atoms with Gasteiger partial charge in [0.1, 0.15) is 0 Å². The quantitative estimate of drug-likeness (QED) is 0.841. The first-order chi connectivity index (χ1) is 12.5. The third-order valence-electron chi connectivity index (χ3n) is 4.07. The Labute approximate surface area is 147 Å². The highest BCUT2D eigenvalue weighted by Crippen LogP contribution is 2.19. The molecule has 0 spiro atoms. The fraction of sp³-hybridized carbons (Fsp3) is 0.294. The Morgan fingerprint density at radius 1 is 1.04 bits per heavy atom. The van der Waals surface area contributed by atoms with Gasteiger partial charge in [0.05, 0.1) is 18.5 Å². The van der Waals surface area contributed by atoms with Crippen molar-refractivity contribution in [2.75, 3.05) is 38.0 Å². The number of nitrogens with zero attached hydrogens (tertiary/aromatic N) is 2. The summed E-state index contributed by atoms with van der Waals surface area (Å²) in [6.45, 7) is 1.65. The number of nitrogens with one attached hydrogen (secondary N) is 1. The minimum atomic E-state index is -1.63. The van der Waals surface area contributed by atoms with Gasteiger partial charge in [0.2, 0.25) is 5.91 Å². The van der Waals surface area contributed by atoms with E-state index in [-0.39, 0.29) is 18.2 Å². The predicted molar refractivity (Wildman–Crippen MR) is 86.0 cm³/mol. The molecule has 2 heterocycles. The van der Waals surface area contributed by atoms with Crippen molar-refractivity contribution >= 4 is 17.5 Å². The van der Waals surface area contributed by atoms with E-state index in [4.69, 9.17) is 4.42 Å². The molecular formula is C17H16F3N3O3. The molecule has 1 fully saturated rings. The molecule has 2 aromatic rings. The van der Waals surface area contributed by atoms with Gasteiger partial charge >= 0.3 is 0 Å². The number of anilines is 1. The normalized spacial score (nSPS) is 15.1. The van der Waals surface area contributed by atoms with Crippen LogP contribution < -0.4 is 5.32 Å². The zero-order chi connectivity index (χ0) is 18.7. The van der Waals surface area contributed by atoms with E-state index >= 15 is 0 Å². The molecule has 1 aliphatic rings. The number of hydrogen-bond acceptors (Lipinski definition) is 4. The van der Waals surface area contributed by atoms with Crippen molar-refractivity contribution in [3.63, 3.8) is 0 Å². The third kappa shape index (κ3) is 3.88. The maximum Gasteiger partial charge on any atom is 0.289 e. The Morgan fingerprint density at radius 3 is 2.42 bits per heavy atom. The van der Waals surface area contributed by atoms with Crippen molar-refractivity contribution in [1.29, 1.82) is 0 Å². The summed E-state index contributed by atoms with van der Waals surface area (Å²) in [5.41, 5.74) is -0.416. The second kappa shape index (κ2) is 7.61. The molecule has 0 aliphatic carbocycles. The lowest BCUT2D eigenvalue weighted by Crippen LogP contribution is -2.50. The summed E-state index contributed by atoms with van der Waals surface area (Å²) >= 11 is 0. The molecule has 3 rings (SSSR count). The van der Waals surface area contributed by atoms with E-state index in [0.717, 1.165) is 12.1 Å². The van der Waals surface area contributed by atoms with Crippen LogP contribution in [0, 0.1) is 17.5 Å². The van der Waals surface area contributed by atoms with Crippen LogP contribution in [0.25, 0.3) is 0 Å².